The summed E-state index contributed by atoms with van der Waals surface area (Å²) in [4.78, 5) is 12.4. The highest BCUT2D eigenvalue weighted by atomic mass is 32.2. The lowest BCUT2D eigenvalue weighted by Crippen LogP contribution is -2.36. The van der Waals surface area contributed by atoms with Gasteiger partial charge in [-0.2, -0.15) is 0 Å². The molecule has 0 aliphatic heterocycles. The molecule has 3 aromatic rings. The smallest absolute Gasteiger partial charge is 0.407 e. The third kappa shape index (κ3) is 5.10. The van der Waals surface area contributed by atoms with E-state index >= 15 is 0 Å². The van der Waals surface area contributed by atoms with Gasteiger partial charge in [-0.05, 0) is 53.8 Å². The van der Waals surface area contributed by atoms with E-state index in [0.717, 1.165) is 22.3 Å². The molecule has 0 bridgehead atoms. The Morgan fingerprint density at radius 2 is 1.54 bits per heavy atom. The molecule has 1 amide bonds. The van der Waals surface area contributed by atoms with Gasteiger partial charge >= 0.3 is 6.09 Å². The Balaban J connectivity index is 1.35. The van der Waals surface area contributed by atoms with Crippen LogP contribution in [-0.4, -0.2) is 49.2 Å². The van der Waals surface area contributed by atoms with Crippen LogP contribution in [0.1, 0.15) is 42.6 Å². The SMILES string of the molecule is CC(C)S(=O)(=O)c1cccc(C(O)C(O)CNC(=O)OCC2c3ccccc3-c3ccccc32)c1. The van der Waals surface area contributed by atoms with Gasteiger partial charge in [-0.25, -0.2) is 13.2 Å². The predicted molar refractivity (Wildman–Crippen MR) is 133 cm³/mol. The molecular weight excluding hydrogens is 466 g/mol. The number of alkyl carbamates (subject to hydrolysis) is 1. The molecule has 7 nitrogen and oxygen atoms in total. The third-order valence-corrected chi connectivity index (χ3v) is 8.46. The Kier molecular flexibility index (Phi) is 7.25. The number of aliphatic hydroxyl groups excluding tert-OH is 2. The second-order valence-electron chi connectivity index (χ2n) is 8.88. The van der Waals surface area contributed by atoms with E-state index in [2.05, 4.69) is 5.32 Å². The van der Waals surface area contributed by atoms with Crippen LogP contribution in [0.3, 0.4) is 0 Å². The van der Waals surface area contributed by atoms with Gasteiger partial charge in [0, 0.05) is 12.5 Å². The first kappa shape index (κ1) is 24.9. The number of rotatable bonds is 8. The molecule has 3 aromatic carbocycles. The van der Waals surface area contributed by atoms with Gasteiger partial charge < -0.3 is 20.3 Å². The molecular formula is C27H29NO6S. The molecule has 1 aliphatic carbocycles. The van der Waals surface area contributed by atoms with Gasteiger partial charge in [0.1, 0.15) is 18.8 Å². The molecule has 3 N–H and O–H groups in total. The number of carbonyl (C=O) groups excluding carboxylic acids is 1. The molecule has 0 saturated carbocycles. The lowest BCUT2D eigenvalue weighted by Gasteiger charge is -2.20. The fraction of sp³-hybridized carbons (Fsp3) is 0.296. The van der Waals surface area contributed by atoms with Crippen LogP contribution in [0.2, 0.25) is 0 Å². The van der Waals surface area contributed by atoms with Crippen molar-refractivity contribution < 1.29 is 28.2 Å². The number of aliphatic hydroxyl groups is 2. The maximum Gasteiger partial charge on any atom is 0.407 e. The van der Waals surface area contributed by atoms with Crippen LogP contribution in [0.4, 0.5) is 4.79 Å². The second-order valence-corrected chi connectivity index (χ2v) is 11.4. The average molecular weight is 496 g/mol. The molecule has 0 heterocycles. The number of sulfone groups is 1. The Morgan fingerprint density at radius 1 is 0.943 bits per heavy atom. The van der Waals surface area contributed by atoms with Crippen LogP contribution in [0.5, 0.6) is 0 Å². The Hall–Kier alpha value is -3.20. The zero-order valence-electron chi connectivity index (χ0n) is 19.6. The summed E-state index contributed by atoms with van der Waals surface area (Å²) < 4.78 is 30.3. The largest absolute Gasteiger partial charge is 0.449 e. The summed E-state index contributed by atoms with van der Waals surface area (Å²) in [7, 11) is -3.52. The number of hydrogen-bond donors (Lipinski definition) is 3. The number of nitrogens with one attached hydrogen (secondary N) is 1. The summed E-state index contributed by atoms with van der Waals surface area (Å²) in [6.45, 7) is 3.02. The number of benzene rings is 3. The van der Waals surface area contributed by atoms with Crippen molar-refractivity contribution in [2.75, 3.05) is 13.2 Å². The summed E-state index contributed by atoms with van der Waals surface area (Å²) in [6.07, 6.45) is -3.45. The van der Waals surface area contributed by atoms with Gasteiger partial charge in [0.15, 0.2) is 9.84 Å². The number of fused-ring (bicyclic) bond motifs is 3. The fourth-order valence-electron chi connectivity index (χ4n) is 4.32. The normalized spacial score (nSPS) is 14.8. The third-order valence-electron chi connectivity index (χ3n) is 6.31. The van der Waals surface area contributed by atoms with E-state index in [1.165, 1.54) is 24.3 Å². The Labute approximate surface area is 205 Å². The minimum absolute atomic E-state index is 0.0701. The summed E-state index contributed by atoms with van der Waals surface area (Å²) >= 11 is 0. The zero-order valence-corrected chi connectivity index (χ0v) is 20.4. The van der Waals surface area contributed by atoms with Gasteiger partial charge in [0.2, 0.25) is 0 Å². The van der Waals surface area contributed by atoms with E-state index in [1.807, 2.05) is 48.5 Å². The van der Waals surface area contributed by atoms with E-state index in [9.17, 15) is 23.4 Å². The molecule has 2 unspecified atom stereocenters. The summed E-state index contributed by atoms with van der Waals surface area (Å²) in [5.74, 6) is -0.0886. The maximum atomic E-state index is 12.4. The molecule has 2 atom stereocenters. The van der Waals surface area contributed by atoms with E-state index in [0.29, 0.717) is 0 Å². The van der Waals surface area contributed by atoms with E-state index in [1.54, 1.807) is 13.8 Å². The van der Waals surface area contributed by atoms with E-state index < -0.39 is 33.4 Å². The van der Waals surface area contributed by atoms with Gasteiger partial charge in [-0.3, -0.25) is 0 Å². The molecule has 0 radical (unpaired) electrons. The number of ether oxygens (including phenoxy) is 1. The van der Waals surface area contributed by atoms with Crippen LogP contribution in [0.25, 0.3) is 11.1 Å². The Morgan fingerprint density at radius 3 is 2.14 bits per heavy atom. The van der Waals surface area contributed by atoms with Crippen LogP contribution in [-0.2, 0) is 14.6 Å². The van der Waals surface area contributed by atoms with Crippen molar-refractivity contribution in [1.82, 2.24) is 5.32 Å². The highest BCUT2D eigenvalue weighted by Gasteiger charge is 2.29. The summed E-state index contributed by atoms with van der Waals surface area (Å²) in [6, 6.07) is 21.8. The quantitative estimate of drug-likeness (QED) is 0.438. The van der Waals surface area contributed by atoms with E-state index in [-0.39, 0.29) is 29.5 Å². The topological polar surface area (TPSA) is 113 Å². The van der Waals surface area contributed by atoms with Crippen molar-refractivity contribution in [3.8, 4) is 11.1 Å². The van der Waals surface area contributed by atoms with Crippen LogP contribution in [0.15, 0.2) is 77.7 Å². The molecule has 1 aliphatic rings. The van der Waals surface area contributed by atoms with Crippen molar-refractivity contribution >= 4 is 15.9 Å². The first-order chi connectivity index (χ1) is 16.7. The summed E-state index contributed by atoms with van der Waals surface area (Å²) in [5.41, 5.74) is 4.67. The highest BCUT2D eigenvalue weighted by Crippen LogP contribution is 2.44. The molecule has 0 aromatic heterocycles. The number of amides is 1. The number of hydrogen-bond acceptors (Lipinski definition) is 6. The minimum atomic E-state index is -3.52. The van der Waals surface area contributed by atoms with E-state index in [4.69, 9.17) is 4.74 Å². The average Bonchev–Trinajstić information content (AvgIpc) is 3.19. The lowest BCUT2D eigenvalue weighted by atomic mass is 9.98. The van der Waals surface area contributed by atoms with Crippen molar-refractivity contribution in [2.45, 2.75) is 42.1 Å². The molecule has 184 valence electrons. The van der Waals surface area contributed by atoms with Gasteiger partial charge in [0.25, 0.3) is 0 Å². The van der Waals surface area contributed by atoms with Crippen LogP contribution < -0.4 is 5.32 Å². The number of carbonyl (C=O) groups is 1. The van der Waals surface area contributed by atoms with Crippen molar-refractivity contribution in [3.63, 3.8) is 0 Å². The molecule has 0 fully saturated rings. The highest BCUT2D eigenvalue weighted by molar-refractivity contribution is 7.92. The first-order valence-electron chi connectivity index (χ1n) is 11.5. The van der Waals surface area contributed by atoms with Crippen LogP contribution in [0, 0.1) is 0 Å². The van der Waals surface area contributed by atoms with Crippen molar-refractivity contribution in [3.05, 3.63) is 89.5 Å². The first-order valence-corrected chi connectivity index (χ1v) is 13.0. The fourth-order valence-corrected chi connectivity index (χ4v) is 5.43. The van der Waals surface area contributed by atoms with Crippen molar-refractivity contribution in [2.24, 2.45) is 0 Å². The van der Waals surface area contributed by atoms with Gasteiger partial charge in [-0.15, -0.1) is 0 Å². The molecule has 0 spiro atoms. The predicted octanol–water partition coefficient (Wildman–Crippen LogP) is 3.80. The molecule has 8 heteroatoms. The minimum Gasteiger partial charge on any atom is -0.449 e. The second kappa shape index (κ2) is 10.2. The molecule has 35 heavy (non-hydrogen) atoms. The van der Waals surface area contributed by atoms with Gasteiger partial charge in [-0.1, -0.05) is 60.7 Å². The maximum absolute atomic E-state index is 12.4. The van der Waals surface area contributed by atoms with Crippen LogP contribution >= 0.6 is 0 Å². The molecule has 4 rings (SSSR count). The van der Waals surface area contributed by atoms with Gasteiger partial charge in [0.05, 0.1) is 10.1 Å². The summed E-state index contributed by atoms with van der Waals surface area (Å²) in [5, 5.41) is 22.8. The van der Waals surface area contributed by atoms with Crippen molar-refractivity contribution in [1.29, 1.82) is 0 Å². The lowest BCUT2D eigenvalue weighted by molar-refractivity contribution is 0.0184. The molecule has 0 saturated heterocycles. The Bertz CT molecular complexity index is 1280. The zero-order chi connectivity index (χ0) is 25.2. The standard InChI is InChI=1S/C27H29NO6S/c1-17(2)35(32,33)19-9-7-8-18(14-19)26(30)25(29)15-28-27(31)34-16-24-22-12-5-3-10-20(22)21-11-4-6-13-23(21)24/h3-14,17,24-26,29-30H,15-16H2,1-2H3,(H,28,31). The monoisotopic (exact) mass is 495 g/mol.